The van der Waals surface area contributed by atoms with Crippen molar-refractivity contribution in [2.45, 2.75) is 12.8 Å². The van der Waals surface area contributed by atoms with Crippen LogP contribution in [0, 0.1) is 0 Å². The van der Waals surface area contributed by atoms with Crippen molar-refractivity contribution >= 4 is 11.1 Å². The van der Waals surface area contributed by atoms with Crippen LogP contribution in [0.5, 0.6) is 11.5 Å². The molecule has 4 N–H and O–H groups in total. The number of ether oxygens (including phenoxy) is 1. The minimum Gasteiger partial charge on any atom is -0.508 e. The van der Waals surface area contributed by atoms with Crippen molar-refractivity contribution in [3.05, 3.63) is 95.6 Å². The fourth-order valence-corrected chi connectivity index (χ4v) is 3.75. The molecule has 0 spiro atoms. The summed E-state index contributed by atoms with van der Waals surface area (Å²) in [6.07, 6.45) is 1.42. The normalized spacial score (nSPS) is 11.8. The third kappa shape index (κ3) is 7.46. The van der Waals surface area contributed by atoms with Crippen LogP contribution in [-0.2, 0) is 0 Å². The Morgan fingerprint density at radius 1 is 0.788 bits per heavy atom. The largest absolute Gasteiger partial charge is 0.508 e. The lowest BCUT2D eigenvalue weighted by atomic mass is 9.87. The smallest absolute Gasteiger partial charge is 0.119 e. The molecule has 3 aromatic rings. The minimum absolute atomic E-state index is 0.133. The van der Waals surface area contributed by atoms with Crippen molar-refractivity contribution in [2.24, 2.45) is 0 Å². The average molecular weight is 447 g/mol. The Morgan fingerprint density at radius 2 is 1.45 bits per heavy atom. The Hall–Kier alpha value is -3.12. The fourth-order valence-electron chi connectivity index (χ4n) is 3.75. The number of rotatable bonds is 13. The van der Waals surface area contributed by atoms with Gasteiger partial charge in [-0.3, -0.25) is 0 Å². The molecule has 0 bridgehead atoms. The van der Waals surface area contributed by atoms with Crippen molar-refractivity contribution < 1.29 is 14.9 Å². The maximum Gasteiger partial charge on any atom is 0.119 e. The van der Waals surface area contributed by atoms with Crippen molar-refractivity contribution in [2.75, 3.05) is 39.9 Å². The molecule has 5 heteroatoms. The highest BCUT2D eigenvalue weighted by molar-refractivity contribution is 5.98. The Kier molecular flexibility index (Phi) is 9.98. The molecule has 0 aliphatic heterocycles. The standard InChI is InChI=1S/C28H34N2O3/c1-29-17-18-30-19-21-33-26-15-11-24(12-16-26)28(23-9-13-25(32)14-10-23)27(8-5-20-31)22-6-3-2-4-7-22/h2-4,6-7,9-16,29-32H,5,8,17-21H2,1H3/b28-27-. The molecule has 0 amide bonds. The number of hydrogen-bond donors (Lipinski definition) is 4. The van der Waals surface area contributed by atoms with E-state index in [0.717, 1.165) is 59.6 Å². The number of phenols is 1. The van der Waals surface area contributed by atoms with Crippen LogP contribution >= 0.6 is 0 Å². The zero-order chi connectivity index (χ0) is 23.3. The summed E-state index contributed by atoms with van der Waals surface area (Å²) in [5.41, 5.74) is 5.47. The highest BCUT2D eigenvalue weighted by atomic mass is 16.5. The summed E-state index contributed by atoms with van der Waals surface area (Å²) in [5.74, 6) is 1.07. The van der Waals surface area contributed by atoms with Crippen molar-refractivity contribution in [3.63, 3.8) is 0 Å². The lowest BCUT2D eigenvalue weighted by Crippen LogP contribution is -2.28. The van der Waals surface area contributed by atoms with Crippen LogP contribution in [0.2, 0.25) is 0 Å². The topological polar surface area (TPSA) is 73.8 Å². The quantitative estimate of drug-likeness (QED) is 0.233. The molecule has 0 aliphatic carbocycles. The Labute approximate surface area is 196 Å². The number of benzene rings is 3. The van der Waals surface area contributed by atoms with Crippen LogP contribution in [0.25, 0.3) is 11.1 Å². The van der Waals surface area contributed by atoms with Gasteiger partial charge in [0.25, 0.3) is 0 Å². The van der Waals surface area contributed by atoms with Gasteiger partial charge in [-0.2, -0.15) is 0 Å². The molecule has 3 rings (SSSR count). The molecule has 0 saturated heterocycles. The summed E-state index contributed by atoms with van der Waals surface area (Å²) in [5, 5.41) is 25.8. The number of aliphatic hydroxyl groups excluding tert-OH is 1. The molecule has 3 aromatic carbocycles. The second kappa shape index (κ2) is 13.4. The number of aromatic hydroxyl groups is 1. The van der Waals surface area contributed by atoms with Gasteiger partial charge in [0, 0.05) is 26.2 Å². The van der Waals surface area contributed by atoms with E-state index in [1.165, 1.54) is 0 Å². The first-order chi connectivity index (χ1) is 16.2. The fraction of sp³-hybridized carbons (Fsp3) is 0.286. The van der Waals surface area contributed by atoms with Crippen molar-refractivity contribution in [1.82, 2.24) is 10.6 Å². The van der Waals surface area contributed by atoms with E-state index in [1.54, 1.807) is 12.1 Å². The first-order valence-electron chi connectivity index (χ1n) is 11.5. The number of aliphatic hydroxyl groups is 1. The van der Waals surface area contributed by atoms with Gasteiger partial charge in [0.2, 0.25) is 0 Å². The van der Waals surface area contributed by atoms with Crippen molar-refractivity contribution in [1.29, 1.82) is 0 Å². The number of allylic oxidation sites excluding steroid dienone is 1. The van der Waals surface area contributed by atoms with Crippen LogP contribution in [0.4, 0.5) is 0 Å². The van der Waals surface area contributed by atoms with Crippen LogP contribution < -0.4 is 15.4 Å². The third-order valence-electron chi connectivity index (χ3n) is 5.41. The Bertz CT molecular complexity index is 984. The highest BCUT2D eigenvalue weighted by Crippen LogP contribution is 2.36. The molecule has 0 aromatic heterocycles. The second-order valence-corrected chi connectivity index (χ2v) is 7.82. The number of nitrogens with one attached hydrogen (secondary N) is 2. The first kappa shape index (κ1) is 24.5. The van der Waals surface area contributed by atoms with E-state index < -0.39 is 0 Å². The van der Waals surface area contributed by atoms with Crippen LogP contribution in [0.1, 0.15) is 29.5 Å². The molecular weight excluding hydrogens is 412 g/mol. The van der Waals surface area contributed by atoms with E-state index in [4.69, 9.17) is 4.74 Å². The van der Waals surface area contributed by atoms with Crippen LogP contribution in [0.3, 0.4) is 0 Å². The maximum atomic E-state index is 9.82. The van der Waals surface area contributed by atoms with E-state index in [0.29, 0.717) is 13.0 Å². The van der Waals surface area contributed by atoms with Gasteiger partial charge in [-0.05, 0) is 72.0 Å². The molecule has 0 aliphatic rings. The molecule has 0 unspecified atom stereocenters. The van der Waals surface area contributed by atoms with Gasteiger partial charge in [0.1, 0.15) is 18.1 Å². The molecule has 33 heavy (non-hydrogen) atoms. The van der Waals surface area contributed by atoms with E-state index >= 15 is 0 Å². The van der Waals surface area contributed by atoms with Gasteiger partial charge < -0.3 is 25.6 Å². The number of phenolic OH excluding ortho intramolecular Hbond substituents is 1. The highest BCUT2D eigenvalue weighted by Gasteiger charge is 2.14. The molecule has 0 fully saturated rings. The summed E-state index contributed by atoms with van der Waals surface area (Å²) < 4.78 is 5.89. The molecule has 0 radical (unpaired) electrons. The summed E-state index contributed by atoms with van der Waals surface area (Å²) >= 11 is 0. The first-order valence-corrected chi connectivity index (χ1v) is 11.5. The molecule has 0 heterocycles. The SMILES string of the molecule is CNCCNCCOc1ccc(/C(=C(/CCCO)c2ccccc2)c2ccc(O)cc2)cc1. The van der Waals surface area contributed by atoms with E-state index in [9.17, 15) is 10.2 Å². The summed E-state index contributed by atoms with van der Waals surface area (Å²) in [7, 11) is 1.94. The monoisotopic (exact) mass is 446 g/mol. The van der Waals surface area contributed by atoms with Crippen molar-refractivity contribution in [3.8, 4) is 11.5 Å². The molecule has 174 valence electrons. The zero-order valence-electron chi connectivity index (χ0n) is 19.3. The third-order valence-corrected chi connectivity index (χ3v) is 5.41. The number of hydrogen-bond acceptors (Lipinski definition) is 5. The predicted octanol–water partition coefficient (Wildman–Crippen LogP) is 4.31. The van der Waals surface area contributed by atoms with Gasteiger partial charge in [-0.1, -0.05) is 54.6 Å². The zero-order valence-corrected chi connectivity index (χ0v) is 19.3. The van der Waals surface area contributed by atoms with Gasteiger partial charge in [0.15, 0.2) is 0 Å². The summed E-state index contributed by atoms with van der Waals surface area (Å²) in [6.45, 7) is 3.38. The van der Waals surface area contributed by atoms with Crippen LogP contribution in [0.15, 0.2) is 78.9 Å². The Morgan fingerprint density at radius 3 is 2.09 bits per heavy atom. The van der Waals surface area contributed by atoms with Gasteiger partial charge in [-0.25, -0.2) is 0 Å². The van der Waals surface area contributed by atoms with Crippen LogP contribution in [-0.4, -0.2) is 50.1 Å². The van der Waals surface area contributed by atoms with Gasteiger partial charge in [-0.15, -0.1) is 0 Å². The lowest BCUT2D eigenvalue weighted by molar-refractivity contribution is 0.290. The van der Waals surface area contributed by atoms with E-state index in [-0.39, 0.29) is 12.4 Å². The molecule has 5 nitrogen and oxygen atoms in total. The molecule has 0 saturated carbocycles. The number of likely N-dealkylation sites (N-methyl/N-ethyl adjacent to an activating group) is 1. The van der Waals surface area contributed by atoms with Gasteiger partial charge >= 0.3 is 0 Å². The predicted molar refractivity (Wildman–Crippen MR) is 136 cm³/mol. The molecule has 0 atom stereocenters. The maximum absolute atomic E-state index is 9.82. The Balaban J connectivity index is 1.91. The van der Waals surface area contributed by atoms with E-state index in [2.05, 4.69) is 34.9 Å². The summed E-state index contributed by atoms with van der Waals surface area (Å²) in [4.78, 5) is 0. The molecular formula is C28H34N2O3. The van der Waals surface area contributed by atoms with E-state index in [1.807, 2.05) is 49.5 Å². The minimum atomic E-state index is 0.133. The summed E-state index contributed by atoms with van der Waals surface area (Å²) in [6, 6.07) is 25.7. The average Bonchev–Trinajstić information content (AvgIpc) is 2.86. The lowest BCUT2D eigenvalue weighted by Gasteiger charge is -2.18. The second-order valence-electron chi connectivity index (χ2n) is 7.82. The van der Waals surface area contributed by atoms with Gasteiger partial charge in [0.05, 0.1) is 0 Å².